The predicted octanol–water partition coefficient (Wildman–Crippen LogP) is 1.12. The second kappa shape index (κ2) is 3.44. The first-order valence-corrected chi connectivity index (χ1v) is 4.84. The molecule has 1 unspecified atom stereocenters. The minimum Gasteiger partial charge on any atom is -0.323 e. The molecule has 15 heavy (non-hydrogen) atoms. The van der Waals surface area contributed by atoms with Gasteiger partial charge in [-0.3, -0.25) is 9.59 Å². The summed E-state index contributed by atoms with van der Waals surface area (Å²) in [5, 5.41) is 11.1. The smallest absolute Gasteiger partial charge is 0.249 e. The number of nitrogens with zero attached hydrogens (tertiary/aromatic N) is 2. The zero-order valence-corrected chi connectivity index (χ0v) is 8.91. The van der Waals surface area contributed by atoms with Crippen LogP contribution < -0.4 is 5.32 Å². The molecule has 2 rings (SSSR count). The van der Waals surface area contributed by atoms with E-state index in [2.05, 4.69) is 26.2 Å². The average Bonchev–Trinajstić information content (AvgIpc) is 2.20. The lowest BCUT2D eigenvalue weighted by Crippen LogP contribution is -2.35. The second-order valence-electron chi connectivity index (χ2n) is 2.95. The molecule has 0 aromatic carbocycles. The lowest BCUT2D eigenvalue weighted by molar-refractivity contribution is -0.117. The molecular formula is C9H4BrN3O2. The molecule has 0 spiro atoms. The summed E-state index contributed by atoms with van der Waals surface area (Å²) >= 11 is 3.12. The Bertz CT molecular complexity index is 507. The van der Waals surface area contributed by atoms with E-state index < -0.39 is 17.6 Å². The molecule has 1 aromatic rings. The van der Waals surface area contributed by atoms with Crippen LogP contribution in [0, 0.1) is 17.2 Å². The van der Waals surface area contributed by atoms with E-state index in [1.54, 1.807) is 18.2 Å². The van der Waals surface area contributed by atoms with Crippen molar-refractivity contribution in [3.8, 4) is 6.07 Å². The van der Waals surface area contributed by atoms with Gasteiger partial charge in [0.2, 0.25) is 11.7 Å². The number of amides is 1. The van der Waals surface area contributed by atoms with Gasteiger partial charge < -0.3 is 5.32 Å². The summed E-state index contributed by atoms with van der Waals surface area (Å²) in [6.07, 6.45) is 0. The summed E-state index contributed by atoms with van der Waals surface area (Å²) in [5.74, 6) is -2.45. The summed E-state index contributed by atoms with van der Waals surface area (Å²) in [4.78, 5) is 26.9. The van der Waals surface area contributed by atoms with Gasteiger partial charge in [0.25, 0.3) is 0 Å². The Morgan fingerprint density at radius 3 is 2.87 bits per heavy atom. The van der Waals surface area contributed by atoms with Crippen molar-refractivity contribution in [1.29, 1.82) is 5.26 Å². The Kier molecular flexibility index (Phi) is 2.25. The Labute approximate surface area is 93.2 Å². The number of carbonyl (C=O) groups is 2. The van der Waals surface area contributed by atoms with Gasteiger partial charge >= 0.3 is 0 Å². The molecule has 0 saturated carbocycles. The van der Waals surface area contributed by atoms with Gasteiger partial charge in [-0.15, -0.1) is 0 Å². The number of nitrogens with one attached hydrogen (secondary N) is 1. The monoisotopic (exact) mass is 265 g/mol. The highest BCUT2D eigenvalue weighted by Crippen LogP contribution is 2.25. The maximum Gasteiger partial charge on any atom is 0.249 e. The summed E-state index contributed by atoms with van der Waals surface area (Å²) in [6.45, 7) is 0. The van der Waals surface area contributed by atoms with Crippen LogP contribution in [0.25, 0.3) is 0 Å². The molecule has 0 aliphatic carbocycles. The van der Waals surface area contributed by atoms with Crippen molar-refractivity contribution in [2.75, 3.05) is 5.32 Å². The third kappa shape index (κ3) is 1.51. The lowest BCUT2D eigenvalue weighted by atomic mass is 9.97. The minimum absolute atomic E-state index is 0.121. The van der Waals surface area contributed by atoms with E-state index in [9.17, 15) is 9.59 Å². The molecule has 1 amide bonds. The number of hydrogen-bond acceptors (Lipinski definition) is 4. The van der Waals surface area contributed by atoms with E-state index in [4.69, 9.17) is 5.26 Å². The third-order valence-corrected chi connectivity index (χ3v) is 2.45. The number of anilines is 1. The van der Waals surface area contributed by atoms with E-state index in [1.807, 2.05) is 0 Å². The van der Waals surface area contributed by atoms with Crippen LogP contribution >= 0.6 is 15.9 Å². The maximum atomic E-state index is 11.6. The Morgan fingerprint density at radius 2 is 2.20 bits per heavy atom. The number of pyridine rings is 1. The first kappa shape index (κ1) is 9.80. The van der Waals surface area contributed by atoms with Crippen LogP contribution in [-0.2, 0) is 4.79 Å². The van der Waals surface area contributed by atoms with Crippen LogP contribution in [0.4, 0.5) is 5.69 Å². The van der Waals surface area contributed by atoms with Crippen molar-refractivity contribution in [2.24, 2.45) is 5.92 Å². The van der Waals surface area contributed by atoms with E-state index in [-0.39, 0.29) is 5.69 Å². The SMILES string of the molecule is N#CC1C(=O)Nc2ccc(Br)nc2C1=O. The number of halogens is 1. The Hall–Kier alpha value is -1.74. The van der Waals surface area contributed by atoms with Crippen molar-refractivity contribution < 1.29 is 9.59 Å². The van der Waals surface area contributed by atoms with Crippen molar-refractivity contribution in [2.45, 2.75) is 0 Å². The first-order chi connectivity index (χ1) is 7.13. The van der Waals surface area contributed by atoms with Gasteiger partial charge in [-0.1, -0.05) is 0 Å². The Morgan fingerprint density at radius 1 is 1.47 bits per heavy atom. The molecule has 1 N–H and O–H groups in total. The zero-order valence-electron chi connectivity index (χ0n) is 7.32. The van der Waals surface area contributed by atoms with Gasteiger partial charge in [-0.2, -0.15) is 5.26 Å². The fourth-order valence-electron chi connectivity index (χ4n) is 1.30. The van der Waals surface area contributed by atoms with Crippen LogP contribution in [-0.4, -0.2) is 16.7 Å². The highest BCUT2D eigenvalue weighted by Gasteiger charge is 2.35. The van der Waals surface area contributed by atoms with E-state index >= 15 is 0 Å². The lowest BCUT2D eigenvalue weighted by Gasteiger charge is -2.17. The fourth-order valence-corrected chi connectivity index (χ4v) is 1.61. The van der Waals surface area contributed by atoms with Gasteiger partial charge in [0, 0.05) is 0 Å². The molecule has 6 heteroatoms. The highest BCUT2D eigenvalue weighted by atomic mass is 79.9. The van der Waals surface area contributed by atoms with Crippen LogP contribution in [0.5, 0.6) is 0 Å². The van der Waals surface area contributed by atoms with E-state index in [0.29, 0.717) is 10.3 Å². The van der Waals surface area contributed by atoms with Gasteiger partial charge in [-0.05, 0) is 28.1 Å². The first-order valence-electron chi connectivity index (χ1n) is 4.04. The van der Waals surface area contributed by atoms with E-state index in [1.165, 1.54) is 0 Å². The number of rotatable bonds is 0. The standard InChI is InChI=1S/C9H4BrN3O2/c10-6-2-1-5-7(13-6)8(14)4(3-11)9(15)12-5/h1-2,4H,(H,12,15). The topological polar surface area (TPSA) is 82.8 Å². The molecule has 1 aliphatic heterocycles. The second-order valence-corrected chi connectivity index (χ2v) is 3.76. The molecule has 5 nitrogen and oxygen atoms in total. The maximum absolute atomic E-state index is 11.6. The number of carbonyl (C=O) groups excluding carboxylic acids is 2. The predicted molar refractivity (Wildman–Crippen MR) is 54.0 cm³/mol. The molecule has 1 aliphatic rings. The molecule has 0 bridgehead atoms. The summed E-state index contributed by atoms with van der Waals surface area (Å²) in [6, 6.07) is 4.82. The van der Waals surface area contributed by atoms with Crippen LogP contribution in [0.1, 0.15) is 10.5 Å². The average molecular weight is 266 g/mol. The Balaban J connectivity index is 2.57. The molecule has 2 heterocycles. The largest absolute Gasteiger partial charge is 0.323 e. The van der Waals surface area contributed by atoms with E-state index in [0.717, 1.165) is 0 Å². The quantitative estimate of drug-likeness (QED) is 0.563. The molecule has 0 saturated heterocycles. The van der Waals surface area contributed by atoms with Crippen LogP contribution in [0.15, 0.2) is 16.7 Å². The third-order valence-electron chi connectivity index (χ3n) is 2.01. The number of fused-ring (bicyclic) bond motifs is 1. The molecular weight excluding hydrogens is 262 g/mol. The van der Waals surface area contributed by atoms with Gasteiger partial charge in [0.15, 0.2) is 5.92 Å². The van der Waals surface area contributed by atoms with Crippen molar-refractivity contribution in [1.82, 2.24) is 4.98 Å². The highest BCUT2D eigenvalue weighted by molar-refractivity contribution is 9.10. The molecule has 74 valence electrons. The summed E-state index contributed by atoms with van der Waals surface area (Å²) in [7, 11) is 0. The van der Waals surface area contributed by atoms with Crippen molar-refractivity contribution in [3.63, 3.8) is 0 Å². The fraction of sp³-hybridized carbons (Fsp3) is 0.111. The molecule has 0 fully saturated rings. The number of aromatic nitrogens is 1. The molecule has 1 atom stereocenters. The molecule has 1 aromatic heterocycles. The van der Waals surface area contributed by atoms with Crippen LogP contribution in [0.2, 0.25) is 0 Å². The number of nitriles is 1. The summed E-state index contributed by atoms with van der Waals surface area (Å²) < 4.78 is 0.488. The van der Waals surface area contributed by atoms with Crippen molar-refractivity contribution >= 4 is 33.3 Å². The molecule has 0 radical (unpaired) electrons. The summed E-state index contributed by atoms with van der Waals surface area (Å²) in [5.41, 5.74) is 0.468. The minimum atomic E-state index is -1.29. The number of ketones is 1. The number of hydrogen-bond donors (Lipinski definition) is 1. The van der Waals surface area contributed by atoms with Gasteiger partial charge in [-0.25, -0.2) is 4.98 Å². The van der Waals surface area contributed by atoms with Gasteiger partial charge in [0.05, 0.1) is 11.8 Å². The van der Waals surface area contributed by atoms with Gasteiger partial charge in [0.1, 0.15) is 10.3 Å². The van der Waals surface area contributed by atoms with Crippen molar-refractivity contribution in [3.05, 3.63) is 22.4 Å². The number of Topliss-reactive ketones (excluding diaryl/α,β-unsaturated/α-hetero) is 1. The normalized spacial score (nSPS) is 19.1. The van der Waals surface area contributed by atoms with Crippen LogP contribution in [0.3, 0.4) is 0 Å². The zero-order chi connectivity index (χ0) is 11.0.